The lowest BCUT2D eigenvalue weighted by Gasteiger charge is -2.32. The van der Waals surface area contributed by atoms with Crippen molar-refractivity contribution in [1.29, 1.82) is 0 Å². The van der Waals surface area contributed by atoms with Crippen LogP contribution in [0.1, 0.15) is 50.2 Å². The molecule has 0 unspecified atom stereocenters. The molecule has 1 saturated carbocycles. The Balaban J connectivity index is 1.58. The van der Waals surface area contributed by atoms with Crippen LogP contribution in [0.2, 0.25) is 0 Å². The number of furan rings is 1. The van der Waals surface area contributed by atoms with Gasteiger partial charge in [0, 0.05) is 24.0 Å². The molecule has 26 heavy (non-hydrogen) atoms. The smallest absolute Gasteiger partial charge is 0.311 e. The van der Waals surface area contributed by atoms with Crippen LogP contribution in [0.3, 0.4) is 0 Å². The predicted octanol–water partition coefficient (Wildman–Crippen LogP) is 4.01. The standard InChI is InChI=1S/C21H27NO4/c1-14-9-10-18-16(13-25-19(18)11-14)12-20(23)26-15(2)21(24)22(3)17-7-5-4-6-8-17/h9-11,13,15,17H,4-8,12H2,1-3H3/t15-/m0/s1. The van der Waals surface area contributed by atoms with E-state index in [1.54, 1.807) is 18.1 Å². The van der Waals surface area contributed by atoms with Crippen LogP contribution in [0, 0.1) is 6.92 Å². The van der Waals surface area contributed by atoms with E-state index in [1.165, 1.54) is 6.42 Å². The number of likely N-dealkylation sites (N-methyl/N-ethyl adjacent to an activating group) is 1. The Hall–Kier alpha value is -2.30. The number of hydrogen-bond donors (Lipinski definition) is 0. The number of nitrogens with zero attached hydrogens (tertiary/aromatic N) is 1. The first kappa shape index (κ1) is 18.5. The van der Waals surface area contributed by atoms with Crippen LogP contribution in [0.25, 0.3) is 11.0 Å². The van der Waals surface area contributed by atoms with Gasteiger partial charge in [0.05, 0.1) is 12.7 Å². The van der Waals surface area contributed by atoms with Crippen LogP contribution in [0.4, 0.5) is 0 Å². The minimum absolute atomic E-state index is 0.0980. The molecule has 3 rings (SSSR count). The maximum atomic E-state index is 12.6. The third kappa shape index (κ3) is 4.09. The molecule has 5 heteroatoms. The molecule has 0 spiro atoms. The molecule has 1 aliphatic carbocycles. The van der Waals surface area contributed by atoms with Gasteiger partial charge in [-0.25, -0.2) is 0 Å². The highest BCUT2D eigenvalue weighted by atomic mass is 16.5. The molecule has 0 radical (unpaired) electrons. The molecular formula is C21H27NO4. The van der Waals surface area contributed by atoms with E-state index in [0.29, 0.717) is 0 Å². The zero-order chi connectivity index (χ0) is 18.7. The lowest BCUT2D eigenvalue weighted by molar-refractivity contribution is -0.159. The SMILES string of the molecule is Cc1ccc2c(CC(=O)O[C@@H](C)C(=O)N(C)C3CCCCC3)coc2c1. The van der Waals surface area contributed by atoms with Crippen molar-refractivity contribution in [3.8, 4) is 0 Å². The minimum atomic E-state index is -0.769. The Morgan fingerprint density at radius 2 is 2.00 bits per heavy atom. The molecule has 0 saturated heterocycles. The topological polar surface area (TPSA) is 59.8 Å². The molecule has 140 valence electrons. The van der Waals surface area contributed by atoms with Gasteiger partial charge in [-0.05, 0) is 38.3 Å². The number of carbonyl (C=O) groups excluding carboxylic acids is 2. The average molecular weight is 357 g/mol. The van der Waals surface area contributed by atoms with Crippen LogP contribution in [0.5, 0.6) is 0 Å². The Bertz CT molecular complexity index is 788. The highest BCUT2D eigenvalue weighted by Crippen LogP contribution is 2.24. The summed E-state index contributed by atoms with van der Waals surface area (Å²) in [4.78, 5) is 26.6. The zero-order valence-corrected chi connectivity index (χ0v) is 15.8. The van der Waals surface area contributed by atoms with Crippen molar-refractivity contribution >= 4 is 22.8 Å². The van der Waals surface area contributed by atoms with Gasteiger partial charge in [-0.15, -0.1) is 0 Å². The number of hydrogen-bond acceptors (Lipinski definition) is 4. The second-order valence-corrected chi connectivity index (χ2v) is 7.31. The molecule has 2 aromatic rings. The molecular weight excluding hydrogens is 330 g/mol. The fourth-order valence-electron chi connectivity index (χ4n) is 3.71. The van der Waals surface area contributed by atoms with E-state index < -0.39 is 12.1 Å². The number of ether oxygens (including phenoxy) is 1. The minimum Gasteiger partial charge on any atom is -0.464 e. The molecule has 1 atom stereocenters. The lowest BCUT2D eigenvalue weighted by Crippen LogP contribution is -2.44. The fraction of sp³-hybridized carbons (Fsp3) is 0.524. The molecule has 0 bridgehead atoms. The average Bonchev–Trinajstić information content (AvgIpc) is 3.02. The van der Waals surface area contributed by atoms with Gasteiger partial charge in [-0.3, -0.25) is 9.59 Å². The monoisotopic (exact) mass is 357 g/mol. The van der Waals surface area contributed by atoms with Crippen LogP contribution in [0.15, 0.2) is 28.9 Å². The third-order valence-electron chi connectivity index (χ3n) is 5.27. The summed E-state index contributed by atoms with van der Waals surface area (Å²) >= 11 is 0. The summed E-state index contributed by atoms with van der Waals surface area (Å²) in [5.74, 6) is -0.538. The Morgan fingerprint density at radius 3 is 2.73 bits per heavy atom. The van der Waals surface area contributed by atoms with Gasteiger partial charge in [0.15, 0.2) is 6.10 Å². The van der Waals surface area contributed by atoms with Crippen molar-refractivity contribution in [1.82, 2.24) is 4.90 Å². The van der Waals surface area contributed by atoms with E-state index in [1.807, 2.05) is 32.2 Å². The summed E-state index contributed by atoms with van der Waals surface area (Å²) in [6.07, 6.45) is 6.53. The van der Waals surface area contributed by atoms with Crippen LogP contribution < -0.4 is 0 Å². The summed E-state index contributed by atoms with van der Waals surface area (Å²) < 4.78 is 10.9. The molecule has 1 aliphatic rings. The molecule has 5 nitrogen and oxygen atoms in total. The maximum Gasteiger partial charge on any atom is 0.311 e. The van der Waals surface area contributed by atoms with Crippen molar-refractivity contribution in [3.05, 3.63) is 35.6 Å². The first-order valence-corrected chi connectivity index (χ1v) is 9.38. The fourth-order valence-corrected chi connectivity index (χ4v) is 3.71. The summed E-state index contributed by atoms with van der Waals surface area (Å²) in [6, 6.07) is 6.13. The Kier molecular flexibility index (Phi) is 5.64. The maximum absolute atomic E-state index is 12.6. The number of benzene rings is 1. The number of aryl methyl sites for hydroxylation is 1. The second kappa shape index (κ2) is 7.94. The van der Waals surface area contributed by atoms with E-state index in [4.69, 9.17) is 9.15 Å². The van der Waals surface area contributed by atoms with Crippen molar-refractivity contribution in [2.75, 3.05) is 7.05 Å². The molecule has 1 amide bonds. The quantitative estimate of drug-likeness (QED) is 0.759. The van der Waals surface area contributed by atoms with Gasteiger partial charge >= 0.3 is 5.97 Å². The van der Waals surface area contributed by atoms with Crippen LogP contribution in [-0.2, 0) is 20.7 Å². The third-order valence-corrected chi connectivity index (χ3v) is 5.27. The molecule has 1 aromatic carbocycles. The highest BCUT2D eigenvalue weighted by molar-refractivity contribution is 5.88. The number of fused-ring (bicyclic) bond motifs is 1. The van der Waals surface area contributed by atoms with E-state index in [2.05, 4.69) is 0 Å². The van der Waals surface area contributed by atoms with Crippen molar-refractivity contribution in [2.24, 2.45) is 0 Å². The van der Waals surface area contributed by atoms with Gasteiger partial charge < -0.3 is 14.1 Å². The zero-order valence-electron chi connectivity index (χ0n) is 15.8. The van der Waals surface area contributed by atoms with Crippen LogP contribution in [-0.4, -0.2) is 36.0 Å². The Labute approximate surface area is 154 Å². The summed E-state index contributed by atoms with van der Waals surface area (Å²) in [5, 5.41) is 0.908. The van der Waals surface area contributed by atoms with E-state index >= 15 is 0 Å². The second-order valence-electron chi connectivity index (χ2n) is 7.31. The number of esters is 1. The number of rotatable bonds is 5. The van der Waals surface area contributed by atoms with Crippen molar-refractivity contribution in [2.45, 2.75) is 64.5 Å². The molecule has 0 N–H and O–H groups in total. The van der Waals surface area contributed by atoms with Gasteiger partial charge in [0.2, 0.25) is 0 Å². The summed E-state index contributed by atoms with van der Waals surface area (Å²) in [7, 11) is 1.81. The normalized spacial score (nSPS) is 16.4. The van der Waals surface area contributed by atoms with Crippen LogP contribution >= 0.6 is 0 Å². The lowest BCUT2D eigenvalue weighted by atomic mass is 9.94. The molecule has 1 fully saturated rings. The van der Waals surface area contributed by atoms with Crippen molar-refractivity contribution < 1.29 is 18.7 Å². The van der Waals surface area contributed by atoms with Gasteiger partial charge in [0.25, 0.3) is 5.91 Å². The number of amides is 1. The predicted molar refractivity (Wildman–Crippen MR) is 99.9 cm³/mol. The summed E-state index contributed by atoms with van der Waals surface area (Å²) in [6.45, 7) is 3.64. The molecule has 1 heterocycles. The van der Waals surface area contributed by atoms with Gasteiger partial charge in [0.1, 0.15) is 5.58 Å². The number of carbonyl (C=O) groups is 2. The molecule has 1 aromatic heterocycles. The first-order chi connectivity index (χ1) is 12.5. The Morgan fingerprint density at radius 1 is 1.27 bits per heavy atom. The van der Waals surface area contributed by atoms with Gasteiger partial charge in [-0.1, -0.05) is 31.4 Å². The molecule has 0 aliphatic heterocycles. The first-order valence-electron chi connectivity index (χ1n) is 9.38. The van der Waals surface area contributed by atoms with Gasteiger partial charge in [-0.2, -0.15) is 0 Å². The van der Waals surface area contributed by atoms with Crippen molar-refractivity contribution in [3.63, 3.8) is 0 Å². The summed E-state index contributed by atoms with van der Waals surface area (Å²) in [5.41, 5.74) is 2.64. The van der Waals surface area contributed by atoms with E-state index in [-0.39, 0.29) is 18.4 Å². The van der Waals surface area contributed by atoms with E-state index in [9.17, 15) is 9.59 Å². The van der Waals surface area contributed by atoms with E-state index in [0.717, 1.165) is 47.8 Å². The largest absolute Gasteiger partial charge is 0.464 e. The highest BCUT2D eigenvalue weighted by Gasteiger charge is 2.27.